The van der Waals surface area contributed by atoms with Crippen molar-refractivity contribution in [1.82, 2.24) is 0 Å². The number of rotatable bonds is 12. The fourth-order valence-corrected chi connectivity index (χ4v) is 6.86. The molecule has 2 aliphatic heterocycles. The molecule has 2 heterocycles. The van der Waals surface area contributed by atoms with Gasteiger partial charge in [-0.3, -0.25) is 0 Å². The highest BCUT2D eigenvalue weighted by atomic mass is 32.2. The van der Waals surface area contributed by atoms with Gasteiger partial charge in [0.15, 0.2) is 6.29 Å². The second-order valence-electron chi connectivity index (χ2n) is 11.2. The molecule has 5 nitrogen and oxygen atoms in total. The van der Waals surface area contributed by atoms with Gasteiger partial charge >= 0.3 is 0 Å². The number of hydrogen-bond donors (Lipinski definition) is 0. The maximum Gasteiger partial charge on any atom is 0.184 e. The Bertz CT molecular complexity index is 959. The molecule has 0 spiro atoms. The van der Waals surface area contributed by atoms with Crippen LogP contribution >= 0.6 is 11.8 Å². The lowest BCUT2D eigenvalue weighted by Crippen LogP contribution is -2.54. The molecule has 4 unspecified atom stereocenters. The highest BCUT2D eigenvalue weighted by Gasteiger charge is 2.45. The molecule has 2 fully saturated rings. The van der Waals surface area contributed by atoms with Crippen LogP contribution in [0.15, 0.2) is 60.7 Å². The number of hydrogen-bond acceptors (Lipinski definition) is 6. The second kappa shape index (κ2) is 15.0. The van der Waals surface area contributed by atoms with E-state index >= 15 is 0 Å². The van der Waals surface area contributed by atoms with E-state index in [0.29, 0.717) is 37.6 Å². The fourth-order valence-electron chi connectivity index (χ4n) is 5.79. The number of ether oxygens (including phenoxy) is 5. The Hall–Kier alpha value is -1.41. The topological polar surface area (TPSA) is 46.2 Å². The second-order valence-corrected chi connectivity index (χ2v) is 12.6. The predicted octanol–water partition coefficient (Wildman–Crippen LogP) is 7.33. The van der Waals surface area contributed by atoms with Crippen LogP contribution in [0, 0.1) is 23.7 Å². The van der Waals surface area contributed by atoms with E-state index in [1.807, 2.05) is 36.0 Å². The van der Waals surface area contributed by atoms with E-state index < -0.39 is 6.29 Å². The largest absolute Gasteiger partial charge is 0.370 e. The van der Waals surface area contributed by atoms with E-state index in [-0.39, 0.29) is 35.8 Å². The third-order valence-corrected chi connectivity index (χ3v) is 9.79. The van der Waals surface area contributed by atoms with E-state index in [2.05, 4.69) is 77.9 Å². The van der Waals surface area contributed by atoms with Crippen LogP contribution in [0.4, 0.5) is 0 Å². The normalized spacial score (nSPS) is 35.1. The maximum absolute atomic E-state index is 6.68. The fraction of sp³-hybridized carbons (Fsp3) is 0.636. The van der Waals surface area contributed by atoms with Crippen LogP contribution in [0.2, 0.25) is 0 Å². The van der Waals surface area contributed by atoms with Gasteiger partial charge in [0.1, 0.15) is 11.5 Å². The third-order valence-electron chi connectivity index (χ3n) is 8.75. The van der Waals surface area contributed by atoms with Gasteiger partial charge in [-0.05, 0) is 47.0 Å². The predicted molar refractivity (Wildman–Crippen MR) is 158 cm³/mol. The highest BCUT2D eigenvalue weighted by Crippen LogP contribution is 2.39. The van der Waals surface area contributed by atoms with Gasteiger partial charge in [-0.25, -0.2) is 0 Å². The molecule has 6 heteroatoms. The van der Waals surface area contributed by atoms with Crippen LogP contribution in [-0.2, 0) is 36.9 Å². The van der Waals surface area contributed by atoms with Gasteiger partial charge in [0.25, 0.3) is 0 Å². The summed E-state index contributed by atoms with van der Waals surface area (Å²) in [6.45, 7) is 15.1. The minimum absolute atomic E-state index is 0.0274. The maximum atomic E-state index is 6.68. The van der Waals surface area contributed by atoms with Crippen molar-refractivity contribution >= 4 is 11.8 Å². The van der Waals surface area contributed by atoms with Crippen molar-refractivity contribution in [2.45, 2.75) is 97.3 Å². The summed E-state index contributed by atoms with van der Waals surface area (Å²) in [5, 5.41) is 0. The molecule has 0 radical (unpaired) electrons. The van der Waals surface area contributed by atoms with E-state index in [0.717, 1.165) is 17.7 Å². The van der Waals surface area contributed by atoms with Gasteiger partial charge in [0.2, 0.25) is 0 Å². The number of thioether (sulfide) groups is 1. The summed E-state index contributed by atoms with van der Waals surface area (Å²) in [7, 11) is 0. The smallest absolute Gasteiger partial charge is 0.184 e. The zero-order valence-electron chi connectivity index (χ0n) is 24.5. The molecule has 216 valence electrons. The first-order valence-electron chi connectivity index (χ1n) is 14.8. The van der Waals surface area contributed by atoms with Crippen LogP contribution in [0.5, 0.6) is 0 Å². The van der Waals surface area contributed by atoms with Crippen molar-refractivity contribution in [3.8, 4) is 0 Å². The van der Waals surface area contributed by atoms with Crippen molar-refractivity contribution in [2.75, 3.05) is 12.4 Å². The summed E-state index contributed by atoms with van der Waals surface area (Å²) in [6.07, 6.45) is 0.555. The van der Waals surface area contributed by atoms with E-state index in [1.54, 1.807) is 0 Å². The molecule has 0 bridgehead atoms. The molecule has 2 aromatic carbocycles. The van der Waals surface area contributed by atoms with Crippen molar-refractivity contribution < 1.29 is 23.7 Å². The van der Waals surface area contributed by atoms with E-state index in [4.69, 9.17) is 23.7 Å². The third kappa shape index (κ3) is 7.87. The zero-order chi connectivity index (χ0) is 27.8. The van der Waals surface area contributed by atoms with Crippen molar-refractivity contribution in [2.24, 2.45) is 23.7 Å². The first-order chi connectivity index (χ1) is 18.9. The Kier molecular flexibility index (Phi) is 11.7. The molecule has 2 aliphatic rings. The molecule has 0 aliphatic carbocycles. The van der Waals surface area contributed by atoms with Crippen LogP contribution in [0.1, 0.15) is 59.1 Å². The lowest BCUT2D eigenvalue weighted by Gasteiger charge is -2.46. The quantitative estimate of drug-likeness (QED) is 0.273. The monoisotopic (exact) mass is 556 g/mol. The molecule has 2 saturated heterocycles. The zero-order valence-corrected chi connectivity index (χ0v) is 25.3. The summed E-state index contributed by atoms with van der Waals surface area (Å²) >= 11 is 1.82. The molecule has 4 rings (SSSR count). The SMILES string of the molecule is CCS[C@H]1OC(CO[C@H]2OC(CC)[C@@H](C)[C@H](C)C2OCc2ccccc2)[C@@H](C)[C@H](C)C1OCc1ccccc1. The van der Waals surface area contributed by atoms with Gasteiger partial charge in [0.05, 0.1) is 38.1 Å². The molecule has 2 aromatic rings. The Labute approximate surface area is 240 Å². The van der Waals surface area contributed by atoms with Crippen molar-refractivity contribution in [1.29, 1.82) is 0 Å². The first kappa shape index (κ1) is 30.5. The minimum atomic E-state index is -0.416. The summed E-state index contributed by atoms with van der Waals surface area (Å²) < 4.78 is 32.7. The molecule has 0 amide bonds. The minimum Gasteiger partial charge on any atom is -0.370 e. The van der Waals surface area contributed by atoms with Gasteiger partial charge < -0.3 is 23.7 Å². The Morgan fingerprint density at radius 1 is 0.641 bits per heavy atom. The summed E-state index contributed by atoms with van der Waals surface area (Å²) in [6, 6.07) is 20.7. The average molecular weight is 557 g/mol. The highest BCUT2D eigenvalue weighted by molar-refractivity contribution is 7.99. The lowest BCUT2D eigenvalue weighted by atomic mass is 9.82. The lowest BCUT2D eigenvalue weighted by molar-refractivity contribution is -0.294. The number of benzene rings is 2. The standard InChI is InChI=1S/C33H48O5S/c1-7-28-22(3)24(5)30(34-19-26-15-11-9-12-16-26)32(37-28)36-21-29-23(4)25(6)31(33(38-29)39-8-2)35-20-27-17-13-10-14-18-27/h9-18,22-25,28-33H,7-8,19-21H2,1-6H3/t22-,23-,24-,25-,28?,29?,30?,31?,32-,33+/m0/s1. The van der Waals surface area contributed by atoms with Crippen molar-refractivity contribution in [3.05, 3.63) is 71.8 Å². The van der Waals surface area contributed by atoms with Gasteiger partial charge in [-0.1, -0.05) is 102 Å². The Balaban J connectivity index is 1.40. The molecule has 0 N–H and O–H groups in total. The van der Waals surface area contributed by atoms with Gasteiger partial charge in [0, 0.05) is 0 Å². The Morgan fingerprint density at radius 2 is 1.18 bits per heavy atom. The molecule has 39 heavy (non-hydrogen) atoms. The molecular weight excluding hydrogens is 508 g/mol. The average Bonchev–Trinajstić information content (AvgIpc) is 2.96. The molecule has 0 saturated carbocycles. The van der Waals surface area contributed by atoms with Crippen LogP contribution in [0.3, 0.4) is 0 Å². The molecular formula is C33H48O5S. The molecule has 10 atom stereocenters. The van der Waals surface area contributed by atoms with Crippen molar-refractivity contribution in [3.63, 3.8) is 0 Å². The van der Waals surface area contributed by atoms with Gasteiger partial charge in [-0.15, -0.1) is 11.8 Å². The summed E-state index contributed by atoms with van der Waals surface area (Å²) in [4.78, 5) is 0. The van der Waals surface area contributed by atoms with E-state index in [1.165, 1.54) is 5.56 Å². The van der Waals surface area contributed by atoms with Crippen LogP contribution < -0.4 is 0 Å². The van der Waals surface area contributed by atoms with Gasteiger partial charge in [-0.2, -0.15) is 0 Å². The summed E-state index contributed by atoms with van der Waals surface area (Å²) in [5.41, 5.74) is 2.32. The van der Waals surface area contributed by atoms with Crippen LogP contribution in [-0.4, -0.2) is 48.5 Å². The van der Waals surface area contributed by atoms with E-state index in [9.17, 15) is 0 Å². The molecule has 0 aromatic heterocycles. The van der Waals surface area contributed by atoms with Crippen LogP contribution in [0.25, 0.3) is 0 Å². The summed E-state index contributed by atoms with van der Waals surface area (Å²) in [5.74, 6) is 2.30. The first-order valence-corrected chi connectivity index (χ1v) is 15.8. The Morgan fingerprint density at radius 3 is 1.74 bits per heavy atom.